The molecule has 0 fully saturated rings. The average molecular weight is 302 g/mol. The van der Waals surface area contributed by atoms with Crippen molar-refractivity contribution in [2.45, 2.75) is 6.42 Å². The molecule has 4 nitrogen and oxygen atoms in total. The van der Waals surface area contributed by atoms with Crippen molar-refractivity contribution in [3.05, 3.63) is 28.2 Å². The van der Waals surface area contributed by atoms with Gasteiger partial charge in [0.2, 0.25) is 5.91 Å². The molecule has 5 N–H and O–H groups in total. The normalized spacial score (nSPS) is 9.81. The van der Waals surface area contributed by atoms with Crippen molar-refractivity contribution in [1.29, 1.82) is 0 Å². The third-order valence-corrected chi connectivity index (χ3v) is 2.81. The van der Waals surface area contributed by atoms with Gasteiger partial charge in [0.15, 0.2) is 0 Å². The lowest BCUT2D eigenvalue weighted by Crippen LogP contribution is -2.16. The second-order valence-corrected chi connectivity index (χ2v) is 4.50. The molecule has 0 heterocycles. The van der Waals surface area contributed by atoms with Gasteiger partial charge in [0, 0.05) is 28.7 Å². The summed E-state index contributed by atoms with van der Waals surface area (Å²) in [5.41, 5.74) is 12.2. The van der Waals surface area contributed by atoms with Crippen molar-refractivity contribution < 1.29 is 4.79 Å². The summed E-state index contributed by atoms with van der Waals surface area (Å²) >= 11 is 8.25. The van der Waals surface area contributed by atoms with Crippen LogP contribution in [-0.4, -0.2) is 17.4 Å². The van der Waals surface area contributed by atoms with Gasteiger partial charge in [0.25, 0.3) is 0 Å². The van der Waals surface area contributed by atoms with Crippen LogP contribution in [0.2, 0.25) is 0 Å². The van der Waals surface area contributed by atoms with Gasteiger partial charge in [-0.15, -0.1) is 0 Å². The number of carbonyl (C=O) groups excluding carboxylic acids is 1. The van der Waals surface area contributed by atoms with Crippen molar-refractivity contribution >= 4 is 44.7 Å². The molecule has 0 bridgehead atoms. The summed E-state index contributed by atoms with van der Waals surface area (Å²) in [4.78, 5) is 10.9. The van der Waals surface area contributed by atoms with Gasteiger partial charge in [-0.05, 0) is 34.1 Å². The molecule has 1 rings (SSSR count). The highest BCUT2D eigenvalue weighted by Gasteiger charge is 2.03. The maximum Gasteiger partial charge on any atom is 0.219 e. The maximum atomic E-state index is 10.5. The molecule has 0 saturated heterocycles. The highest BCUT2D eigenvalue weighted by Crippen LogP contribution is 2.21. The zero-order valence-corrected chi connectivity index (χ0v) is 10.9. The van der Waals surface area contributed by atoms with Crippen LogP contribution in [0.15, 0.2) is 22.7 Å². The van der Waals surface area contributed by atoms with Crippen LogP contribution < -0.4 is 16.8 Å². The lowest BCUT2D eigenvalue weighted by Gasteiger charge is -2.08. The Kier molecular flexibility index (Phi) is 4.70. The number of anilines is 1. The van der Waals surface area contributed by atoms with Crippen LogP contribution in [0.4, 0.5) is 5.69 Å². The summed E-state index contributed by atoms with van der Waals surface area (Å²) in [5.74, 6) is -0.327. The molecule has 0 aliphatic heterocycles. The van der Waals surface area contributed by atoms with E-state index < -0.39 is 0 Å². The topological polar surface area (TPSA) is 81.1 Å². The van der Waals surface area contributed by atoms with Crippen LogP contribution in [-0.2, 0) is 4.79 Å². The minimum atomic E-state index is -0.327. The number of hydrogen-bond acceptors (Lipinski definition) is 3. The van der Waals surface area contributed by atoms with Crippen LogP contribution >= 0.6 is 28.1 Å². The van der Waals surface area contributed by atoms with Gasteiger partial charge in [-0.3, -0.25) is 4.79 Å². The summed E-state index contributed by atoms with van der Waals surface area (Å²) < 4.78 is 0.823. The Labute approximate surface area is 108 Å². The number of benzene rings is 1. The first-order valence-corrected chi connectivity index (χ1v) is 5.82. The van der Waals surface area contributed by atoms with Gasteiger partial charge in [-0.1, -0.05) is 12.2 Å². The van der Waals surface area contributed by atoms with Crippen LogP contribution in [0.1, 0.15) is 12.0 Å². The zero-order valence-electron chi connectivity index (χ0n) is 8.50. The molecule has 16 heavy (non-hydrogen) atoms. The summed E-state index contributed by atoms with van der Waals surface area (Å²) in [6.45, 7) is 0.508. The Morgan fingerprint density at radius 2 is 2.12 bits per heavy atom. The summed E-state index contributed by atoms with van der Waals surface area (Å²) in [7, 11) is 0. The molecule has 0 aliphatic carbocycles. The van der Waals surface area contributed by atoms with Crippen LogP contribution in [0, 0.1) is 0 Å². The first-order valence-electron chi connectivity index (χ1n) is 4.62. The highest BCUT2D eigenvalue weighted by atomic mass is 79.9. The fourth-order valence-corrected chi connectivity index (χ4v) is 2.06. The lowest BCUT2D eigenvalue weighted by atomic mass is 10.2. The van der Waals surface area contributed by atoms with Gasteiger partial charge in [-0.2, -0.15) is 0 Å². The molecular weight excluding hydrogens is 290 g/mol. The van der Waals surface area contributed by atoms with E-state index in [0.29, 0.717) is 18.0 Å². The SMILES string of the molecule is NC(=O)CCNc1ccc(C(N)=S)c(Br)c1. The second kappa shape index (κ2) is 5.81. The smallest absolute Gasteiger partial charge is 0.219 e. The molecular formula is C10H12BrN3OS. The van der Waals surface area contributed by atoms with Crippen LogP contribution in [0.5, 0.6) is 0 Å². The van der Waals surface area contributed by atoms with E-state index >= 15 is 0 Å². The zero-order chi connectivity index (χ0) is 12.1. The number of amides is 1. The number of primary amides is 1. The molecule has 86 valence electrons. The quantitative estimate of drug-likeness (QED) is 0.718. The second-order valence-electron chi connectivity index (χ2n) is 3.20. The van der Waals surface area contributed by atoms with Crippen molar-refractivity contribution in [2.75, 3.05) is 11.9 Å². The fourth-order valence-electron chi connectivity index (χ4n) is 1.15. The van der Waals surface area contributed by atoms with E-state index in [2.05, 4.69) is 21.2 Å². The summed E-state index contributed by atoms with van der Waals surface area (Å²) in [6, 6.07) is 5.52. The number of thiocarbonyl (C=S) groups is 1. The number of hydrogen-bond donors (Lipinski definition) is 3. The Bertz CT molecular complexity index is 423. The number of nitrogens with one attached hydrogen (secondary N) is 1. The van der Waals surface area contributed by atoms with Gasteiger partial charge in [0.05, 0.1) is 0 Å². The molecule has 0 saturated carbocycles. The van der Waals surface area contributed by atoms with Crippen LogP contribution in [0.3, 0.4) is 0 Å². The first kappa shape index (κ1) is 12.9. The van der Waals surface area contributed by atoms with Gasteiger partial charge in [0.1, 0.15) is 4.99 Å². The van der Waals surface area contributed by atoms with E-state index in [1.54, 1.807) is 0 Å². The summed E-state index contributed by atoms with van der Waals surface area (Å²) in [6.07, 6.45) is 0.300. The predicted octanol–water partition coefficient (Wildman–Crippen LogP) is 1.37. The van der Waals surface area contributed by atoms with E-state index in [4.69, 9.17) is 23.7 Å². The molecule has 0 radical (unpaired) electrons. The van der Waals surface area contributed by atoms with Crippen LogP contribution in [0.25, 0.3) is 0 Å². The van der Waals surface area contributed by atoms with Crippen molar-refractivity contribution in [3.63, 3.8) is 0 Å². The number of halogens is 1. The van der Waals surface area contributed by atoms with E-state index in [-0.39, 0.29) is 5.91 Å². The van der Waals surface area contributed by atoms with Crippen molar-refractivity contribution in [2.24, 2.45) is 11.5 Å². The number of nitrogens with two attached hydrogens (primary N) is 2. The van der Waals surface area contributed by atoms with Crippen molar-refractivity contribution in [3.8, 4) is 0 Å². The third kappa shape index (κ3) is 3.79. The van der Waals surface area contributed by atoms with Gasteiger partial charge in [-0.25, -0.2) is 0 Å². The lowest BCUT2D eigenvalue weighted by molar-refractivity contribution is -0.117. The Morgan fingerprint density at radius 1 is 1.44 bits per heavy atom. The minimum Gasteiger partial charge on any atom is -0.389 e. The average Bonchev–Trinajstić information content (AvgIpc) is 2.16. The van der Waals surface area contributed by atoms with E-state index in [1.807, 2.05) is 18.2 Å². The van der Waals surface area contributed by atoms with E-state index in [0.717, 1.165) is 15.7 Å². The van der Waals surface area contributed by atoms with E-state index in [1.165, 1.54) is 0 Å². The molecule has 0 unspecified atom stereocenters. The molecule has 1 aromatic carbocycles. The maximum absolute atomic E-state index is 10.5. The molecule has 0 aliphatic rings. The Balaban J connectivity index is 2.66. The first-order chi connectivity index (χ1) is 7.50. The third-order valence-electron chi connectivity index (χ3n) is 1.94. The highest BCUT2D eigenvalue weighted by molar-refractivity contribution is 9.10. The molecule has 0 aromatic heterocycles. The molecule has 0 spiro atoms. The monoisotopic (exact) mass is 301 g/mol. The molecule has 1 aromatic rings. The fraction of sp³-hybridized carbons (Fsp3) is 0.200. The summed E-state index contributed by atoms with van der Waals surface area (Å²) in [5, 5.41) is 3.07. The van der Waals surface area contributed by atoms with Gasteiger partial charge < -0.3 is 16.8 Å². The Morgan fingerprint density at radius 3 is 2.62 bits per heavy atom. The molecule has 6 heteroatoms. The molecule has 1 amide bonds. The number of rotatable bonds is 5. The standard InChI is InChI=1S/C10H12BrN3OS/c11-8-5-6(14-4-3-9(12)15)1-2-7(8)10(13)16/h1-2,5,14H,3-4H2,(H2,12,15)(H2,13,16). The minimum absolute atomic E-state index is 0.300. The van der Waals surface area contributed by atoms with Crippen molar-refractivity contribution in [1.82, 2.24) is 0 Å². The Hall–Kier alpha value is -1.14. The molecule has 0 atom stereocenters. The predicted molar refractivity (Wildman–Crippen MR) is 72.3 cm³/mol. The number of carbonyl (C=O) groups is 1. The largest absolute Gasteiger partial charge is 0.389 e. The van der Waals surface area contributed by atoms with Gasteiger partial charge >= 0.3 is 0 Å². The van der Waals surface area contributed by atoms with E-state index in [9.17, 15) is 4.79 Å².